The minimum atomic E-state index is -0.965. The third-order valence-corrected chi connectivity index (χ3v) is 6.76. The van der Waals surface area contributed by atoms with Gasteiger partial charge in [0.25, 0.3) is 0 Å². The van der Waals surface area contributed by atoms with Gasteiger partial charge in [0, 0.05) is 12.1 Å². The summed E-state index contributed by atoms with van der Waals surface area (Å²) in [5.74, 6) is -1.00. The van der Waals surface area contributed by atoms with Crippen LogP contribution in [0.3, 0.4) is 0 Å². The van der Waals surface area contributed by atoms with E-state index in [4.69, 9.17) is 0 Å². The molecule has 1 aromatic rings. The lowest BCUT2D eigenvalue weighted by Gasteiger charge is -2.08. The van der Waals surface area contributed by atoms with Crippen LogP contribution in [0.1, 0.15) is 151 Å². The quantitative estimate of drug-likeness (QED) is 0.165. The van der Waals surface area contributed by atoms with Crippen LogP contribution in [0.2, 0.25) is 0 Å². The number of carbonyl (C=O) groups excluding carboxylic acids is 1. The maximum absolute atomic E-state index is 12.1. The number of hydrogen-bond acceptors (Lipinski definition) is 2. The molecule has 0 fully saturated rings. The average Bonchev–Trinajstić information content (AvgIpc) is 2.81. The molecule has 0 heterocycles. The zero-order valence-electron chi connectivity index (χ0n) is 22.1. The van der Waals surface area contributed by atoms with Crippen LogP contribution in [0.5, 0.6) is 0 Å². The molecule has 0 bridgehead atoms. The van der Waals surface area contributed by atoms with Gasteiger partial charge in [0.15, 0.2) is 0 Å². The molecule has 4 nitrogen and oxygen atoms in total. The number of aryl methyl sites for hydroxylation is 1. The molecule has 0 atom stereocenters. The van der Waals surface area contributed by atoms with Gasteiger partial charge in [-0.25, -0.2) is 4.79 Å². The van der Waals surface area contributed by atoms with Crippen molar-refractivity contribution in [1.82, 2.24) is 0 Å². The monoisotopic (exact) mass is 473 g/mol. The first-order valence-electron chi connectivity index (χ1n) is 14.2. The van der Waals surface area contributed by atoms with Crippen molar-refractivity contribution in [2.45, 2.75) is 142 Å². The van der Waals surface area contributed by atoms with Gasteiger partial charge in [0.1, 0.15) is 0 Å². The fourth-order valence-electron chi connectivity index (χ4n) is 4.52. The van der Waals surface area contributed by atoms with Crippen LogP contribution in [0, 0.1) is 6.92 Å². The summed E-state index contributed by atoms with van der Waals surface area (Å²) in [5, 5.41) is 12.0. The minimum absolute atomic E-state index is 0.0350. The van der Waals surface area contributed by atoms with Gasteiger partial charge in [-0.15, -0.1) is 0 Å². The van der Waals surface area contributed by atoms with Gasteiger partial charge in [0.05, 0.1) is 5.56 Å². The molecule has 1 amide bonds. The van der Waals surface area contributed by atoms with E-state index in [0.29, 0.717) is 17.7 Å². The van der Waals surface area contributed by atoms with Gasteiger partial charge >= 0.3 is 5.97 Å². The highest BCUT2D eigenvalue weighted by atomic mass is 16.4. The Bertz CT molecular complexity index is 671. The molecule has 0 unspecified atom stereocenters. The van der Waals surface area contributed by atoms with Crippen LogP contribution >= 0.6 is 0 Å². The lowest BCUT2D eigenvalue weighted by molar-refractivity contribution is -0.116. The molecule has 0 saturated heterocycles. The van der Waals surface area contributed by atoms with Crippen molar-refractivity contribution in [2.24, 2.45) is 0 Å². The highest BCUT2D eigenvalue weighted by Crippen LogP contribution is 2.17. The second-order valence-corrected chi connectivity index (χ2v) is 10.00. The van der Waals surface area contributed by atoms with E-state index in [9.17, 15) is 14.7 Å². The van der Waals surface area contributed by atoms with E-state index in [1.54, 1.807) is 19.1 Å². The maximum Gasteiger partial charge on any atom is 0.336 e. The number of nitrogens with one attached hydrogen (secondary N) is 1. The largest absolute Gasteiger partial charge is 0.478 e. The molecule has 1 rings (SSSR count). The van der Waals surface area contributed by atoms with E-state index < -0.39 is 5.97 Å². The van der Waals surface area contributed by atoms with Gasteiger partial charge in [-0.1, -0.05) is 129 Å². The second-order valence-electron chi connectivity index (χ2n) is 10.00. The van der Waals surface area contributed by atoms with Crippen LogP contribution in [0.4, 0.5) is 5.69 Å². The van der Waals surface area contributed by atoms with Crippen molar-refractivity contribution in [2.75, 3.05) is 5.32 Å². The van der Waals surface area contributed by atoms with Crippen molar-refractivity contribution in [3.8, 4) is 0 Å². The van der Waals surface area contributed by atoms with Crippen LogP contribution in [-0.4, -0.2) is 17.0 Å². The van der Waals surface area contributed by atoms with E-state index in [1.165, 1.54) is 115 Å². The third-order valence-electron chi connectivity index (χ3n) is 6.76. The fraction of sp³-hybridized carbons (Fsp3) is 0.733. The summed E-state index contributed by atoms with van der Waals surface area (Å²) in [6.45, 7) is 4.04. The normalized spacial score (nSPS) is 11.0. The van der Waals surface area contributed by atoms with Gasteiger partial charge in [0.2, 0.25) is 5.91 Å². The number of anilines is 1. The molecule has 194 valence electrons. The maximum atomic E-state index is 12.1. The minimum Gasteiger partial charge on any atom is -0.478 e. The molecule has 0 aromatic heterocycles. The Labute approximate surface area is 209 Å². The molecule has 1 aromatic carbocycles. The van der Waals surface area contributed by atoms with Crippen molar-refractivity contribution in [1.29, 1.82) is 0 Å². The predicted molar refractivity (Wildman–Crippen MR) is 145 cm³/mol. The fourth-order valence-corrected chi connectivity index (χ4v) is 4.52. The lowest BCUT2D eigenvalue weighted by Crippen LogP contribution is -2.12. The van der Waals surface area contributed by atoms with Gasteiger partial charge in [-0.05, 0) is 31.0 Å². The number of carboxylic acids is 1. The zero-order chi connectivity index (χ0) is 24.9. The van der Waals surface area contributed by atoms with Gasteiger partial charge < -0.3 is 10.4 Å². The predicted octanol–water partition coefficient (Wildman–Crippen LogP) is 9.45. The standard InChI is InChI=1S/C30H51NO3/c1-3-4-5-6-7-8-9-10-11-12-13-14-15-16-17-18-19-20-21-22-29(32)31-27-24-23-26(2)28(25-27)30(33)34/h23-25H,3-22H2,1-2H3,(H,31,32)(H,33,34). The molecule has 0 radical (unpaired) electrons. The average molecular weight is 474 g/mol. The summed E-state index contributed by atoms with van der Waals surface area (Å²) in [7, 11) is 0. The second kappa shape index (κ2) is 20.5. The molecular formula is C30H51NO3. The number of carbonyl (C=O) groups is 2. The van der Waals surface area contributed by atoms with Gasteiger partial charge in [-0.2, -0.15) is 0 Å². The van der Waals surface area contributed by atoms with Crippen molar-refractivity contribution in [3.63, 3.8) is 0 Å². The molecule has 34 heavy (non-hydrogen) atoms. The number of unbranched alkanes of at least 4 members (excludes halogenated alkanes) is 18. The van der Waals surface area contributed by atoms with E-state index in [2.05, 4.69) is 12.2 Å². The highest BCUT2D eigenvalue weighted by Gasteiger charge is 2.09. The van der Waals surface area contributed by atoms with Gasteiger partial charge in [-0.3, -0.25) is 4.79 Å². The number of rotatable bonds is 22. The Morgan fingerprint density at radius 3 is 1.50 bits per heavy atom. The van der Waals surface area contributed by atoms with Crippen LogP contribution in [0.15, 0.2) is 18.2 Å². The van der Waals surface area contributed by atoms with Crippen molar-refractivity contribution < 1.29 is 14.7 Å². The highest BCUT2D eigenvalue weighted by molar-refractivity contribution is 5.94. The molecule has 0 aliphatic heterocycles. The van der Waals surface area contributed by atoms with Crippen LogP contribution in [0.25, 0.3) is 0 Å². The molecule has 0 aliphatic rings. The summed E-state index contributed by atoms with van der Waals surface area (Å²) in [5.41, 5.74) is 1.50. The van der Waals surface area contributed by atoms with Crippen LogP contribution < -0.4 is 5.32 Å². The topological polar surface area (TPSA) is 66.4 Å². The van der Waals surface area contributed by atoms with E-state index in [1.807, 2.05) is 0 Å². The SMILES string of the molecule is CCCCCCCCCCCCCCCCCCCCCC(=O)Nc1ccc(C)c(C(=O)O)c1. The van der Waals surface area contributed by atoms with Crippen molar-refractivity contribution in [3.05, 3.63) is 29.3 Å². The zero-order valence-corrected chi connectivity index (χ0v) is 22.1. The number of benzene rings is 1. The molecule has 0 aliphatic carbocycles. The van der Waals surface area contributed by atoms with E-state index in [-0.39, 0.29) is 11.5 Å². The molecule has 0 spiro atoms. The summed E-state index contributed by atoms with van der Waals surface area (Å²) >= 11 is 0. The molecular weight excluding hydrogens is 422 g/mol. The number of hydrogen-bond donors (Lipinski definition) is 2. The smallest absolute Gasteiger partial charge is 0.336 e. The Hall–Kier alpha value is -1.84. The number of aromatic carboxylic acids is 1. The van der Waals surface area contributed by atoms with E-state index >= 15 is 0 Å². The summed E-state index contributed by atoms with van der Waals surface area (Å²) in [4.78, 5) is 23.3. The first-order chi connectivity index (χ1) is 16.5. The Morgan fingerprint density at radius 2 is 1.09 bits per heavy atom. The number of carboxylic acid groups (broad SMARTS) is 1. The first kappa shape index (κ1) is 30.2. The lowest BCUT2D eigenvalue weighted by atomic mass is 10.0. The molecule has 4 heteroatoms. The Morgan fingerprint density at radius 1 is 0.676 bits per heavy atom. The number of amides is 1. The molecule has 0 saturated carbocycles. The first-order valence-corrected chi connectivity index (χ1v) is 14.2. The third kappa shape index (κ3) is 15.9. The molecule has 2 N–H and O–H groups in total. The Kier molecular flexibility index (Phi) is 18.2. The summed E-state index contributed by atoms with van der Waals surface area (Å²) in [6.07, 6.45) is 26.0. The van der Waals surface area contributed by atoms with Crippen LogP contribution in [-0.2, 0) is 4.79 Å². The summed E-state index contributed by atoms with van der Waals surface area (Å²) < 4.78 is 0. The Balaban J connectivity index is 1.86. The summed E-state index contributed by atoms with van der Waals surface area (Å²) in [6, 6.07) is 5.03. The van der Waals surface area contributed by atoms with Crippen molar-refractivity contribution >= 4 is 17.6 Å². The van der Waals surface area contributed by atoms with E-state index in [0.717, 1.165) is 12.8 Å².